The molecule has 0 aromatic heterocycles. The number of aliphatic carboxylic acids is 1. The van der Waals surface area contributed by atoms with Crippen LogP contribution in [-0.2, 0) is 14.8 Å². The fourth-order valence-corrected chi connectivity index (χ4v) is 4.60. The van der Waals surface area contributed by atoms with E-state index in [0.29, 0.717) is 12.8 Å². The molecule has 132 valence electrons. The number of carboxylic acids is 1. The van der Waals surface area contributed by atoms with Crippen LogP contribution in [0, 0.1) is 5.92 Å². The maximum Gasteiger partial charge on any atom is 0.308 e. The second kappa shape index (κ2) is 7.37. The van der Waals surface area contributed by atoms with Gasteiger partial charge >= 0.3 is 5.97 Å². The van der Waals surface area contributed by atoms with Crippen molar-refractivity contribution in [3.05, 3.63) is 54.6 Å². The van der Waals surface area contributed by atoms with Crippen molar-refractivity contribution in [2.45, 2.75) is 36.6 Å². The Kier molecular flexibility index (Phi) is 5.20. The van der Waals surface area contributed by atoms with E-state index in [2.05, 4.69) is 4.72 Å². The van der Waals surface area contributed by atoms with Gasteiger partial charge in [-0.1, -0.05) is 55.3 Å². The molecular formula is C19H21NO4S. The molecule has 0 amide bonds. The topological polar surface area (TPSA) is 83.5 Å². The third-order valence-corrected chi connectivity index (χ3v) is 6.17. The molecule has 0 unspecified atom stereocenters. The standard InChI is InChI=1S/C19H21NO4S/c21-19(22)17-8-4-5-9-18(17)20-25(23,24)16-12-10-15(11-13-16)14-6-2-1-3-7-14/h1-3,6-7,10-13,17-18,20H,4-5,8-9H2,(H,21,22)/t17-,18+/m1/s1. The van der Waals surface area contributed by atoms with Gasteiger partial charge in [0, 0.05) is 6.04 Å². The minimum absolute atomic E-state index is 0.155. The van der Waals surface area contributed by atoms with Gasteiger partial charge in [-0.15, -0.1) is 0 Å². The third kappa shape index (κ3) is 4.08. The van der Waals surface area contributed by atoms with Crippen LogP contribution in [0.25, 0.3) is 11.1 Å². The largest absolute Gasteiger partial charge is 0.481 e. The van der Waals surface area contributed by atoms with Gasteiger partial charge in [0.1, 0.15) is 0 Å². The van der Waals surface area contributed by atoms with Crippen molar-refractivity contribution in [3.63, 3.8) is 0 Å². The lowest BCUT2D eigenvalue weighted by atomic mass is 9.85. The molecule has 0 saturated heterocycles. The Morgan fingerprint density at radius 1 is 0.920 bits per heavy atom. The van der Waals surface area contributed by atoms with Gasteiger partial charge in [0.25, 0.3) is 0 Å². The Labute approximate surface area is 147 Å². The molecule has 2 aromatic rings. The summed E-state index contributed by atoms with van der Waals surface area (Å²) in [4.78, 5) is 11.5. The van der Waals surface area contributed by atoms with E-state index in [0.717, 1.165) is 24.0 Å². The van der Waals surface area contributed by atoms with Gasteiger partial charge in [0.15, 0.2) is 0 Å². The van der Waals surface area contributed by atoms with E-state index in [1.54, 1.807) is 24.3 Å². The molecule has 6 heteroatoms. The fourth-order valence-electron chi connectivity index (χ4n) is 3.29. The number of rotatable bonds is 5. The van der Waals surface area contributed by atoms with Crippen LogP contribution in [0.3, 0.4) is 0 Å². The first-order valence-electron chi connectivity index (χ1n) is 8.38. The summed E-state index contributed by atoms with van der Waals surface area (Å²) in [6.07, 6.45) is 2.72. The predicted octanol–water partition coefficient (Wildman–Crippen LogP) is 3.28. The number of hydrogen-bond donors (Lipinski definition) is 2. The summed E-state index contributed by atoms with van der Waals surface area (Å²) < 4.78 is 27.8. The highest BCUT2D eigenvalue weighted by Gasteiger charge is 2.33. The lowest BCUT2D eigenvalue weighted by Crippen LogP contribution is -2.44. The normalized spacial score (nSPS) is 21.0. The summed E-state index contributed by atoms with van der Waals surface area (Å²) in [5, 5.41) is 9.30. The number of sulfonamides is 1. The zero-order chi connectivity index (χ0) is 17.9. The molecule has 1 saturated carbocycles. The van der Waals surface area contributed by atoms with Crippen molar-refractivity contribution in [1.29, 1.82) is 0 Å². The molecule has 3 rings (SSSR count). The van der Waals surface area contributed by atoms with Crippen molar-refractivity contribution in [2.24, 2.45) is 5.92 Å². The van der Waals surface area contributed by atoms with Crippen LogP contribution >= 0.6 is 0 Å². The zero-order valence-corrected chi connectivity index (χ0v) is 14.6. The van der Waals surface area contributed by atoms with E-state index in [-0.39, 0.29) is 4.90 Å². The van der Waals surface area contributed by atoms with E-state index in [9.17, 15) is 18.3 Å². The quantitative estimate of drug-likeness (QED) is 0.858. The highest BCUT2D eigenvalue weighted by Crippen LogP contribution is 2.27. The lowest BCUT2D eigenvalue weighted by molar-refractivity contribution is -0.143. The monoisotopic (exact) mass is 359 g/mol. The molecule has 1 aliphatic carbocycles. The van der Waals surface area contributed by atoms with Crippen molar-refractivity contribution in [2.75, 3.05) is 0 Å². The van der Waals surface area contributed by atoms with E-state index < -0.39 is 28.0 Å². The van der Waals surface area contributed by atoms with Crippen LogP contribution in [0.4, 0.5) is 0 Å². The Morgan fingerprint density at radius 2 is 1.52 bits per heavy atom. The highest BCUT2D eigenvalue weighted by molar-refractivity contribution is 7.89. The van der Waals surface area contributed by atoms with Gasteiger partial charge in [0.05, 0.1) is 10.8 Å². The minimum atomic E-state index is -3.74. The molecule has 2 atom stereocenters. The molecule has 25 heavy (non-hydrogen) atoms. The third-order valence-electron chi connectivity index (χ3n) is 4.66. The summed E-state index contributed by atoms with van der Waals surface area (Å²) in [6.45, 7) is 0. The number of hydrogen-bond acceptors (Lipinski definition) is 3. The fraction of sp³-hybridized carbons (Fsp3) is 0.316. The van der Waals surface area contributed by atoms with Gasteiger partial charge in [-0.2, -0.15) is 0 Å². The van der Waals surface area contributed by atoms with Gasteiger partial charge in [0.2, 0.25) is 10.0 Å². The summed E-state index contributed by atoms with van der Waals surface area (Å²) in [5.41, 5.74) is 1.94. The maximum atomic E-state index is 12.6. The molecule has 1 aliphatic rings. The molecule has 0 radical (unpaired) electrons. The summed E-state index contributed by atoms with van der Waals surface area (Å²) >= 11 is 0. The number of nitrogens with one attached hydrogen (secondary N) is 1. The average molecular weight is 359 g/mol. The molecular weight excluding hydrogens is 338 g/mol. The smallest absolute Gasteiger partial charge is 0.308 e. The van der Waals surface area contributed by atoms with Crippen LogP contribution in [0.15, 0.2) is 59.5 Å². The zero-order valence-electron chi connectivity index (χ0n) is 13.8. The van der Waals surface area contributed by atoms with Crippen LogP contribution in [-0.4, -0.2) is 25.5 Å². The molecule has 0 bridgehead atoms. The van der Waals surface area contributed by atoms with Gasteiger partial charge in [-0.05, 0) is 36.1 Å². The highest BCUT2D eigenvalue weighted by atomic mass is 32.2. The first-order valence-corrected chi connectivity index (χ1v) is 9.86. The van der Waals surface area contributed by atoms with E-state index in [1.807, 2.05) is 30.3 Å². The molecule has 2 N–H and O–H groups in total. The minimum Gasteiger partial charge on any atom is -0.481 e. The van der Waals surface area contributed by atoms with Crippen LogP contribution in [0.5, 0.6) is 0 Å². The van der Waals surface area contributed by atoms with Gasteiger partial charge in [-0.25, -0.2) is 13.1 Å². The number of carbonyl (C=O) groups is 1. The predicted molar refractivity (Wildman–Crippen MR) is 95.6 cm³/mol. The Morgan fingerprint density at radius 3 is 2.16 bits per heavy atom. The van der Waals surface area contributed by atoms with E-state index >= 15 is 0 Å². The maximum absolute atomic E-state index is 12.6. The second-order valence-corrected chi connectivity index (χ2v) is 8.06. The summed E-state index contributed by atoms with van der Waals surface area (Å²) in [6, 6.07) is 15.8. The summed E-state index contributed by atoms with van der Waals surface area (Å²) in [5.74, 6) is -1.60. The van der Waals surface area contributed by atoms with Crippen LogP contribution < -0.4 is 4.72 Å². The molecule has 5 nitrogen and oxygen atoms in total. The number of carboxylic acid groups (broad SMARTS) is 1. The van der Waals surface area contributed by atoms with Gasteiger partial charge in [-0.3, -0.25) is 4.79 Å². The van der Waals surface area contributed by atoms with Crippen LogP contribution in [0.2, 0.25) is 0 Å². The second-order valence-electron chi connectivity index (χ2n) is 6.35. The summed E-state index contributed by atoms with van der Waals surface area (Å²) in [7, 11) is -3.74. The van der Waals surface area contributed by atoms with E-state index in [1.165, 1.54) is 0 Å². The Hall–Kier alpha value is -2.18. The Bertz CT molecular complexity index is 831. The molecule has 0 spiro atoms. The molecule has 0 heterocycles. The SMILES string of the molecule is O=C(O)[C@@H]1CCCC[C@@H]1NS(=O)(=O)c1ccc(-c2ccccc2)cc1. The first kappa shape index (κ1) is 17.6. The van der Waals surface area contributed by atoms with Crippen molar-refractivity contribution < 1.29 is 18.3 Å². The van der Waals surface area contributed by atoms with E-state index in [4.69, 9.17) is 0 Å². The molecule has 0 aliphatic heterocycles. The average Bonchev–Trinajstić information content (AvgIpc) is 2.62. The first-order chi connectivity index (χ1) is 12.0. The number of benzene rings is 2. The van der Waals surface area contributed by atoms with Crippen molar-refractivity contribution in [1.82, 2.24) is 4.72 Å². The molecule has 1 fully saturated rings. The molecule has 2 aromatic carbocycles. The van der Waals surface area contributed by atoms with Crippen molar-refractivity contribution >= 4 is 16.0 Å². The van der Waals surface area contributed by atoms with Gasteiger partial charge < -0.3 is 5.11 Å². The van der Waals surface area contributed by atoms with Crippen molar-refractivity contribution in [3.8, 4) is 11.1 Å². The van der Waals surface area contributed by atoms with Crippen LogP contribution in [0.1, 0.15) is 25.7 Å². The lowest BCUT2D eigenvalue weighted by Gasteiger charge is -2.29. The Balaban J connectivity index is 1.79.